The van der Waals surface area contributed by atoms with Gasteiger partial charge in [-0.2, -0.15) is 0 Å². The largest absolute Gasteiger partial charge is 0.368 e. The first-order valence-electron chi connectivity index (χ1n) is 11.2. The third kappa shape index (κ3) is 4.19. The fraction of sp³-hybridized carbons (Fsp3) is 0.609. The molecular weight excluding hydrogens is 396 g/mol. The monoisotopic (exact) mass is 428 g/mol. The van der Waals surface area contributed by atoms with Crippen LogP contribution in [0.4, 0.5) is 0 Å². The molecule has 0 aromatic heterocycles. The SMILES string of the molecule is CN[C@@H](C)C(=O)N[C@H]1CCO[C@H]2CC(C3CCc4ccccc4C3)[C@@H](C(N)=O)N2C1=O. The normalized spacial score (nSPS) is 31.4. The molecule has 2 aliphatic heterocycles. The number of aryl methyl sites for hydroxylation is 1. The van der Waals surface area contributed by atoms with Gasteiger partial charge in [-0.3, -0.25) is 14.4 Å². The maximum atomic E-state index is 13.4. The molecule has 6 atom stereocenters. The van der Waals surface area contributed by atoms with E-state index in [9.17, 15) is 14.4 Å². The van der Waals surface area contributed by atoms with Crippen molar-refractivity contribution in [3.63, 3.8) is 0 Å². The first kappa shape index (κ1) is 21.8. The van der Waals surface area contributed by atoms with Gasteiger partial charge in [0.1, 0.15) is 18.3 Å². The van der Waals surface area contributed by atoms with E-state index in [4.69, 9.17) is 10.5 Å². The van der Waals surface area contributed by atoms with Crippen molar-refractivity contribution < 1.29 is 19.1 Å². The average molecular weight is 429 g/mol. The van der Waals surface area contributed by atoms with Crippen molar-refractivity contribution in [1.29, 1.82) is 0 Å². The number of ether oxygens (including phenoxy) is 1. The molecule has 0 radical (unpaired) electrons. The number of carbonyl (C=O) groups excluding carboxylic acids is 3. The molecule has 2 unspecified atom stereocenters. The number of hydrogen-bond acceptors (Lipinski definition) is 5. The topological polar surface area (TPSA) is 114 Å². The molecule has 8 nitrogen and oxygen atoms in total. The van der Waals surface area contributed by atoms with Crippen LogP contribution in [0.2, 0.25) is 0 Å². The number of likely N-dealkylation sites (N-methyl/N-ethyl adjacent to an activating group) is 1. The lowest BCUT2D eigenvalue weighted by molar-refractivity contribution is -0.148. The summed E-state index contributed by atoms with van der Waals surface area (Å²) in [6, 6.07) is 6.54. The minimum absolute atomic E-state index is 0.0505. The molecule has 168 valence electrons. The first-order chi connectivity index (χ1) is 14.9. The van der Waals surface area contributed by atoms with Crippen LogP contribution in [-0.4, -0.2) is 60.6 Å². The summed E-state index contributed by atoms with van der Waals surface area (Å²) in [7, 11) is 1.69. The lowest BCUT2D eigenvalue weighted by atomic mass is 9.74. The average Bonchev–Trinajstić information content (AvgIpc) is 3.09. The van der Waals surface area contributed by atoms with Gasteiger partial charge < -0.3 is 26.0 Å². The van der Waals surface area contributed by atoms with E-state index in [-0.39, 0.29) is 23.7 Å². The summed E-state index contributed by atoms with van der Waals surface area (Å²) in [5.74, 6) is -0.825. The van der Waals surface area contributed by atoms with Crippen molar-refractivity contribution in [3.05, 3.63) is 35.4 Å². The van der Waals surface area contributed by atoms with Crippen LogP contribution in [0.3, 0.4) is 0 Å². The molecule has 3 aliphatic rings. The maximum Gasteiger partial charge on any atom is 0.247 e. The van der Waals surface area contributed by atoms with Gasteiger partial charge in [0.2, 0.25) is 17.7 Å². The molecule has 3 amide bonds. The van der Waals surface area contributed by atoms with Crippen LogP contribution in [0.1, 0.15) is 37.3 Å². The van der Waals surface area contributed by atoms with Gasteiger partial charge in [-0.15, -0.1) is 0 Å². The van der Waals surface area contributed by atoms with E-state index in [1.165, 1.54) is 16.0 Å². The van der Waals surface area contributed by atoms with Crippen LogP contribution in [0.5, 0.6) is 0 Å². The van der Waals surface area contributed by atoms with Crippen LogP contribution in [-0.2, 0) is 32.0 Å². The first-order valence-corrected chi connectivity index (χ1v) is 11.2. The van der Waals surface area contributed by atoms with Crippen LogP contribution in [0, 0.1) is 11.8 Å². The summed E-state index contributed by atoms with van der Waals surface area (Å²) in [5.41, 5.74) is 8.51. The highest BCUT2D eigenvalue weighted by Gasteiger charge is 2.52. The van der Waals surface area contributed by atoms with Crippen molar-refractivity contribution in [2.24, 2.45) is 17.6 Å². The highest BCUT2D eigenvalue weighted by Crippen LogP contribution is 2.42. The number of rotatable bonds is 5. The number of hydrogen-bond donors (Lipinski definition) is 3. The number of nitrogens with two attached hydrogens (primary N) is 1. The molecule has 2 saturated heterocycles. The van der Waals surface area contributed by atoms with Gasteiger partial charge in [0.25, 0.3) is 0 Å². The third-order valence-electron chi connectivity index (χ3n) is 7.18. The van der Waals surface area contributed by atoms with Crippen molar-refractivity contribution in [2.75, 3.05) is 13.7 Å². The Morgan fingerprint density at radius 3 is 2.68 bits per heavy atom. The Morgan fingerprint density at radius 2 is 1.97 bits per heavy atom. The molecule has 0 bridgehead atoms. The Bertz CT molecular complexity index is 860. The zero-order chi connectivity index (χ0) is 22.1. The fourth-order valence-electron chi connectivity index (χ4n) is 5.36. The minimum atomic E-state index is -0.721. The quantitative estimate of drug-likeness (QED) is 0.626. The number of benzene rings is 1. The summed E-state index contributed by atoms with van der Waals surface area (Å²) in [6.45, 7) is 2.08. The molecule has 1 aliphatic carbocycles. The summed E-state index contributed by atoms with van der Waals surface area (Å²) in [4.78, 5) is 39.9. The number of amides is 3. The molecular formula is C23H32N4O4. The Morgan fingerprint density at radius 1 is 1.23 bits per heavy atom. The fourth-order valence-corrected chi connectivity index (χ4v) is 5.36. The lowest BCUT2D eigenvalue weighted by Gasteiger charge is -2.34. The van der Waals surface area contributed by atoms with Crippen LogP contribution >= 0.6 is 0 Å². The summed E-state index contributed by atoms with van der Waals surface area (Å²) in [6.07, 6.45) is 3.29. The van der Waals surface area contributed by atoms with E-state index >= 15 is 0 Å². The second kappa shape index (κ2) is 8.96. The van der Waals surface area contributed by atoms with Gasteiger partial charge >= 0.3 is 0 Å². The van der Waals surface area contributed by atoms with Crippen molar-refractivity contribution in [3.8, 4) is 0 Å². The zero-order valence-electron chi connectivity index (χ0n) is 18.2. The van der Waals surface area contributed by atoms with Crippen molar-refractivity contribution >= 4 is 17.7 Å². The molecule has 1 aromatic carbocycles. The molecule has 1 aromatic rings. The Hall–Kier alpha value is -2.45. The Kier molecular flexibility index (Phi) is 6.29. The highest BCUT2D eigenvalue weighted by atomic mass is 16.5. The molecule has 8 heteroatoms. The molecule has 4 rings (SSSR count). The van der Waals surface area contributed by atoms with Crippen LogP contribution in [0.25, 0.3) is 0 Å². The molecule has 0 saturated carbocycles. The Balaban J connectivity index is 1.55. The summed E-state index contributed by atoms with van der Waals surface area (Å²) >= 11 is 0. The second-order valence-corrected chi connectivity index (χ2v) is 8.95. The van der Waals surface area contributed by atoms with Crippen molar-refractivity contribution in [1.82, 2.24) is 15.5 Å². The van der Waals surface area contributed by atoms with Crippen molar-refractivity contribution in [2.45, 2.75) is 63.4 Å². The van der Waals surface area contributed by atoms with E-state index in [0.717, 1.165) is 19.3 Å². The van der Waals surface area contributed by atoms with E-state index in [2.05, 4.69) is 28.8 Å². The van der Waals surface area contributed by atoms with Gasteiger partial charge in [-0.25, -0.2) is 0 Å². The number of fused-ring (bicyclic) bond motifs is 2. The van der Waals surface area contributed by atoms with Gasteiger partial charge in [0.15, 0.2) is 0 Å². The smallest absolute Gasteiger partial charge is 0.247 e. The van der Waals surface area contributed by atoms with Gasteiger partial charge in [-0.1, -0.05) is 24.3 Å². The minimum Gasteiger partial charge on any atom is -0.368 e. The van der Waals surface area contributed by atoms with E-state index in [1.54, 1.807) is 14.0 Å². The van der Waals surface area contributed by atoms with E-state index in [0.29, 0.717) is 19.4 Å². The predicted molar refractivity (Wildman–Crippen MR) is 115 cm³/mol. The van der Waals surface area contributed by atoms with Crippen LogP contribution < -0.4 is 16.4 Å². The standard InChI is InChI=1S/C23H32N4O4/c1-13(25-2)22(29)26-18-9-10-31-19-12-17(20(21(24)28)27(19)23(18)30)16-8-7-14-5-3-4-6-15(14)11-16/h3-6,13,16-20,25H,7-12H2,1-2H3,(H2,24,28)(H,26,29)/t13-,16?,17?,18-,19-,20-/m0/s1. The number of carbonyl (C=O) groups is 3. The molecule has 4 N–H and O–H groups in total. The van der Waals surface area contributed by atoms with Gasteiger partial charge in [0, 0.05) is 6.42 Å². The molecule has 0 spiro atoms. The van der Waals surface area contributed by atoms with Gasteiger partial charge in [-0.05, 0) is 62.6 Å². The molecule has 2 fully saturated rings. The molecule has 31 heavy (non-hydrogen) atoms. The summed E-state index contributed by atoms with van der Waals surface area (Å²) in [5, 5.41) is 5.69. The Labute approximate surface area is 182 Å². The van der Waals surface area contributed by atoms with Gasteiger partial charge in [0.05, 0.1) is 12.6 Å². The number of primary amides is 1. The van der Waals surface area contributed by atoms with E-state index < -0.39 is 30.3 Å². The summed E-state index contributed by atoms with van der Waals surface area (Å²) < 4.78 is 6.00. The number of nitrogens with one attached hydrogen (secondary N) is 2. The number of nitrogens with zero attached hydrogens (tertiary/aromatic N) is 1. The predicted octanol–water partition coefficient (Wildman–Crippen LogP) is 0.333. The third-order valence-corrected chi connectivity index (χ3v) is 7.18. The maximum absolute atomic E-state index is 13.4. The lowest BCUT2D eigenvalue weighted by Crippen LogP contribution is -2.57. The highest BCUT2D eigenvalue weighted by molar-refractivity contribution is 5.93. The van der Waals surface area contributed by atoms with E-state index in [1.807, 2.05) is 6.07 Å². The zero-order valence-corrected chi connectivity index (χ0v) is 18.2. The second-order valence-electron chi connectivity index (χ2n) is 8.95. The molecule has 2 heterocycles. The van der Waals surface area contributed by atoms with Crippen LogP contribution in [0.15, 0.2) is 24.3 Å².